The summed E-state index contributed by atoms with van der Waals surface area (Å²) in [5, 5.41) is 19.9. The first kappa shape index (κ1) is 35.1. The van der Waals surface area contributed by atoms with Gasteiger partial charge in [0.2, 0.25) is 5.88 Å². The molecular formula is C38H46ClN5O4. The molecule has 1 aromatic heterocycles. The molecule has 1 aliphatic rings. The minimum Gasteiger partial charge on any atom is -0.481 e. The zero-order valence-corrected chi connectivity index (χ0v) is 29.3. The highest BCUT2D eigenvalue weighted by atomic mass is 35.5. The van der Waals surface area contributed by atoms with Crippen molar-refractivity contribution in [1.82, 2.24) is 24.9 Å². The average molecular weight is 672 g/mol. The van der Waals surface area contributed by atoms with Crippen molar-refractivity contribution in [3.8, 4) is 22.7 Å². The largest absolute Gasteiger partial charge is 0.481 e. The van der Waals surface area contributed by atoms with Gasteiger partial charge in [-0.2, -0.15) is 9.78 Å². The predicted molar refractivity (Wildman–Crippen MR) is 190 cm³/mol. The number of hydrogen-bond acceptors (Lipinski definition) is 6. The molecule has 3 aromatic carbocycles. The lowest BCUT2D eigenvalue weighted by molar-refractivity contribution is -0.0345. The second-order valence-electron chi connectivity index (χ2n) is 12.4. The summed E-state index contributed by atoms with van der Waals surface area (Å²) in [6.45, 7) is 8.24. The Morgan fingerprint density at radius 2 is 1.69 bits per heavy atom. The summed E-state index contributed by atoms with van der Waals surface area (Å²) in [7, 11) is 3.12. The van der Waals surface area contributed by atoms with Crippen LogP contribution in [0.25, 0.3) is 16.8 Å². The maximum Gasteiger partial charge on any atom is 0.274 e. The van der Waals surface area contributed by atoms with Crippen LogP contribution in [0.1, 0.15) is 90.2 Å². The van der Waals surface area contributed by atoms with Crippen LogP contribution in [0.5, 0.6) is 5.88 Å². The van der Waals surface area contributed by atoms with Crippen molar-refractivity contribution in [2.45, 2.75) is 71.7 Å². The van der Waals surface area contributed by atoms with Crippen LogP contribution >= 0.6 is 11.6 Å². The van der Waals surface area contributed by atoms with E-state index in [1.54, 1.807) is 37.0 Å². The number of hydrogen-bond donors (Lipinski definition) is 2. The number of nitrogens with zero attached hydrogens (tertiary/aromatic N) is 4. The van der Waals surface area contributed by atoms with E-state index in [2.05, 4.69) is 43.1 Å². The highest BCUT2D eigenvalue weighted by molar-refractivity contribution is 6.34. The molecule has 4 aromatic rings. The van der Waals surface area contributed by atoms with Gasteiger partial charge in [0, 0.05) is 44.4 Å². The van der Waals surface area contributed by atoms with Gasteiger partial charge in [0.1, 0.15) is 6.23 Å². The van der Waals surface area contributed by atoms with Crippen LogP contribution in [-0.4, -0.2) is 69.8 Å². The molecule has 5 rings (SSSR count). The van der Waals surface area contributed by atoms with E-state index in [0.29, 0.717) is 53.0 Å². The minimum atomic E-state index is -1.01. The molecular weight excluding hydrogens is 626 g/mol. The number of carbonyl (C=O) groups excluding carboxylic acids is 2. The number of amides is 2. The van der Waals surface area contributed by atoms with E-state index in [4.69, 9.17) is 21.4 Å². The standard InChI is InChI=1S/C38H46ClN5O4/c1-6-8-18-42(19-9-7-2)38(47)33-23-35(48-5)44(41-33)34-17-15-27(28-14-16-30(32(39)22-28)36(45)40-4)21-31(34)37(46)43-24-29-13-11-10-12-26(29)20-25(43)3/h10-17,21-23,25,37,46H,6-9,18-20,24H2,1-5H3,(H,40,45). The Hall–Kier alpha value is -4.18. The number of unbranched alkanes of at least 4 members (excludes halogenated alkanes) is 2. The van der Waals surface area contributed by atoms with E-state index >= 15 is 0 Å². The molecule has 0 spiro atoms. The topological polar surface area (TPSA) is 99.9 Å². The Morgan fingerprint density at radius 1 is 1.02 bits per heavy atom. The summed E-state index contributed by atoms with van der Waals surface area (Å²) in [6, 6.07) is 21.1. The lowest BCUT2D eigenvalue weighted by atomic mass is 9.93. The van der Waals surface area contributed by atoms with E-state index in [1.165, 1.54) is 11.1 Å². The Bertz CT molecular complexity index is 1750. The van der Waals surface area contributed by atoms with Crippen LogP contribution in [0.4, 0.5) is 0 Å². The maximum atomic E-state index is 13.8. The van der Waals surface area contributed by atoms with Gasteiger partial charge in [-0.15, -0.1) is 0 Å². The SMILES string of the molecule is CCCCN(CCCC)C(=O)c1cc(OC)n(-c2ccc(-c3ccc(C(=O)NC)c(Cl)c3)cc2C(O)N2Cc3ccccc3CC2C)n1. The number of rotatable bonds is 13. The normalized spacial score (nSPS) is 15.1. The summed E-state index contributed by atoms with van der Waals surface area (Å²) >= 11 is 6.55. The number of halogens is 1. The third kappa shape index (κ3) is 7.43. The Kier molecular flexibility index (Phi) is 11.6. The Morgan fingerprint density at radius 3 is 2.33 bits per heavy atom. The Balaban J connectivity index is 1.60. The average Bonchev–Trinajstić information content (AvgIpc) is 3.54. The van der Waals surface area contributed by atoms with Gasteiger partial charge in [-0.05, 0) is 72.7 Å². The smallest absolute Gasteiger partial charge is 0.274 e. The van der Waals surface area contributed by atoms with Gasteiger partial charge >= 0.3 is 0 Å². The molecule has 0 saturated carbocycles. The van der Waals surface area contributed by atoms with E-state index in [1.807, 2.05) is 41.3 Å². The predicted octanol–water partition coefficient (Wildman–Crippen LogP) is 7.04. The lowest BCUT2D eigenvalue weighted by Gasteiger charge is -2.38. The summed E-state index contributed by atoms with van der Waals surface area (Å²) < 4.78 is 7.39. The van der Waals surface area contributed by atoms with Gasteiger partial charge in [-0.25, -0.2) is 0 Å². The molecule has 0 fully saturated rings. The van der Waals surface area contributed by atoms with Gasteiger partial charge in [-0.3, -0.25) is 14.5 Å². The second kappa shape index (κ2) is 15.8. The van der Waals surface area contributed by atoms with Crippen molar-refractivity contribution in [2.24, 2.45) is 0 Å². The van der Waals surface area contributed by atoms with Crippen LogP contribution in [0.2, 0.25) is 5.02 Å². The van der Waals surface area contributed by atoms with Crippen LogP contribution in [-0.2, 0) is 13.0 Å². The zero-order valence-electron chi connectivity index (χ0n) is 28.5. The van der Waals surface area contributed by atoms with Crippen molar-refractivity contribution in [1.29, 1.82) is 0 Å². The first-order valence-corrected chi connectivity index (χ1v) is 17.2. The van der Waals surface area contributed by atoms with Gasteiger partial charge in [-0.1, -0.05) is 74.7 Å². The van der Waals surface area contributed by atoms with Crippen LogP contribution in [0, 0.1) is 0 Å². The first-order valence-electron chi connectivity index (χ1n) is 16.8. The molecule has 0 radical (unpaired) electrons. The summed E-state index contributed by atoms with van der Waals surface area (Å²) in [4.78, 5) is 30.0. The molecule has 9 nitrogen and oxygen atoms in total. The van der Waals surface area contributed by atoms with Crippen LogP contribution in [0.3, 0.4) is 0 Å². The molecule has 48 heavy (non-hydrogen) atoms. The van der Waals surface area contributed by atoms with E-state index in [0.717, 1.165) is 43.2 Å². The number of aromatic nitrogens is 2. The third-order valence-corrected chi connectivity index (χ3v) is 9.44. The number of benzene rings is 3. The monoisotopic (exact) mass is 671 g/mol. The fourth-order valence-corrected chi connectivity index (χ4v) is 6.58. The molecule has 10 heteroatoms. The van der Waals surface area contributed by atoms with Crippen molar-refractivity contribution in [3.05, 3.63) is 99.7 Å². The highest BCUT2D eigenvalue weighted by Gasteiger charge is 2.31. The zero-order chi connectivity index (χ0) is 34.4. The van der Waals surface area contributed by atoms with E-state index in [-0.39, 0.29) is 17.9 Å². The molecule has 0 aliphatic carbocycles. The number of nitrogens with one attached hydrogen (secondary N) is 1. The molecule has 2 amide bonds. The molecule has 0 saturated heterocycles. The fourth-order valence-electron chi connectivity index (χ4n) is 6.31. The number of methoxy groups -OCH3 is 1. The Labute approximate surface area is 288 Å². The first-order chi connectivity index (χ1) is 23.2. The number of aliphatic hydroxyl groups excluding tert-OH is 1. The molecule has 2 heterocycles. The highest BCUT2D eigenvalue weighted by Crippen LogP contribution is 2.37. The van der Waals surface area contributed by atoms with Gasteiger partial charge in [0.15, 0.2) is 5.69 Å². The quantitative estimate of drug-likeness (QED) is 0.158. The van der Waals surface area contributed by atoms with Gasteiger partial charge in [0.25, 0.3) is 11.8 Å². The number of aliphatic hydroxyl groups is 1. The lowest BCUT2D eigenvalue weighted by Crippen LogP contribution is -2.41. The van der Waals surface area contributed by atoms with Crippen molar-refractivity contribution >= 4 is 23.4 Å². The molecule has 2 unspecified atom stereocenters. The van der Waals surface area contributed by atoms with Crippen molar-refractivity contribution in [3.63, 3.8) is 0 Å². The number of fused-ring (bicyclic) bond motifs is 1. The second-order valence-corrected chi connectivity index (χ2v) is 12.8. The molecule has 254 valence electrons. The van der Waals surface area contributed by atoms with Crippen LogP contribution < -0.4 is 10.1 Å². The van der Waals surface area contributed by atoms with Gasteiger partial charge in [0.05, 0.1) is 23.4 Å². The van der Waals surface area contributed by atoms with Crippen LogP contribution in [0.15, 0.2) is 66.7 Å². The fraction of sp³-hybridized carbons (Fsp3) is 0.395. The molecule has 1 aliphatic heterocycles. The molecule has 2 atom stereocenters. The van der Waals surface area contributed by atoms with Gasteiger partial charge < -0.3 is 20.1 Å². The van der Waals surface area contributed by atoms with Crippen molar-refractivity contribution in [2.75, 3.05) is 27.2 Å². The number of carbonyl (C=O) groups is 2. The number of ether oxygens (including phenoxy) is 1. The van der Waals surface area contributed by atoms with E-state index < -0.39 is 6.23 Å². The summed E-state index contributed by atoms with van der Waals surface area (Å²) in [5.41, 5.74) is 5.90. The minimum absolute atomic E-state index is 0.0510. The summed E-state index contributed by atoms with van der Waals surface area (Å²) in [6.07, 6.45) is 3.59. The maximum absolute atomic E-state index is 13.8. The third-order valence-electron chi connectivity index (χ3n) is 9.13. The van der Waals surface area contributed by atoms with E-state index in [9.17, 15) is 14.7 Å². The molecule has 0 bridgehead atoms. The summed E-state index contributed by atoms with van der Waals surface area (Å²) in [5.74, 6) is -0.0169. The van der Waals surface area contributed by atoms with Crippen molar-refractivity contribution < 1.29 is 19.4 Å². The molecule has 2 N–H and O–H groups in total.